The van der Waals surface area contributed by atoms with E-state index in [0.29, 0.717) is 33.8 Å². The van der Waals surface area contributed by atoms with E-state index in [0.717, 1.165) is 17.1 Å². The predicted octanol–water partition coefficient (Wildman–Crippen LogP) is 4.84. The Labute approximate surface area is 211 Å². The summed E-state index contributed by atoms with van der Waals surface area (Å²) < 4.78 is 13.3. The Hall–Kier alpha value is -5.23. The van der Waals surface area contributed by atoms with Gasteiger partial charge in [0.1, 0.15) is 5.82 Å². The number of amides is 1. The van der Waals surface area contributed by atoms with Crippen molar-refractivity contribution in [1.82, 2.24) is 25.3 Å². The van der Waals surface area contributed by atoms with Gasteiger partial charge in [0.15, 0.2) is 11.5 Å². The molecule has 1 atom stereocenters. The van der Waals surface area contributed by atoms with Crippen LogP contribution < -0.4 is 11.1 Å². The molecule has 3 heterocycles. The SMILES string of the molecule is CC(NC(=O)c1nc(-c2ccc3ncccc3c2)c(-c2cccc(C#N)c2)nc1N)c1ccc(F)cn1. The van der Waals surface area contributed by atoms with Crippen LogP contribution in [-0.4, -0.2) is 25.8 Å². The number of anilines is 1. The monoisotopic (exact) mass is 489 g/mol. The van der Waals surface area contributed by atoms with Crippen molar-refractivity contribution in [2.75, 3.05) is 5.73 Å². The largest absolute Gasteiger partial charge is 0.382 e. The van der Waals surface area contributed by atoms with E-state index in [4.69, 9.17) is 5.73 Å². The van der Waals surface area contributed by atoms with Crippen molar-refractivity contribution >= 4 is 22.6 Å². The number of halogens is 1. The molecule has 5 rings (SSSR count). The highest BCUT2D eigenvalue weighted by molar-refractivity contribution is 5.98. The summed E-state index contributed by atoms with van der Waals surface area (Å²) in [5.41, 5.74) is 10.1. The van der Waals surface area contributed by atoms with Crippen LogP contribution in [0.4, 0.5) is 10.2 Å². The van der Waals surface area contributed by atoms with Gasteiger partial charge in [0.25, 0.3) is 5.91 Å². The minimum Gasteiger partial charge on any atom is -0.382 e. The number of nitrogens with one attached hydrogen (secondary N) is 1. The van der Waals surface area contributed by atoms with Gasteiger partial charge in [-0.25, -0.2) is 14.4 Å². The first-order chi connectivity index (χ1) is 17.9. The lowest BCUT2D eigenvalue weighted by Crippen LogP contribution is -2.29. The van der Waals surface area contributed by atoms with Crippen LogP contribution in [0.3, 0.4) is 0 Å². The maximum atomic E-state index is 13.3. The van der Waals surface area contributed by atoms with Crippen LogP contribution in [0.2, 0.25) is 0 Å². The summed E-state index contributed by atoms with van der Waals surface area (Å²) in [4.78, 5) is 30.8. The van der Waals surface area contributed by atoms with Crippen LogP contribution in [-0.2, 0) is 0 Å². The van der Waals surface area contributed by atoms with Crippen molar-refractivity contribution < 1.29 is 9.18 Å². The van der Waals surface area contributed by atoms with Gasteiger partial charge in [-0.05, 0) is 49.4 Å². The van der Waals surface area contributed by atoms with Gasteiger partial charge in [0.05, 0.1) is 46.5 Å². The Balaban J connectivity index is 1.61. The Morgan fingerprint density at radius 2 is 1.81 bits per heavy atom. The van der Waals surface area contributed by atoms with Gasteiger partial charge in [-0.3, -0.25) is 14.8 Å². The number of fused-ring (bicyclic) bond motifs is 1. The lowest BCUT2D eigenvalue weighted by atomic mass is 10.0. The molecule has 1 amide bonds. The molecule has 0 spiro atoms. The quantitative estimate of drug-likeness (QED) is 0.361. The molecule has 1 unspecified atom stereocenters. The molecule has 8 nitrogen and oxygen atoms in total. The topological polar surface area (TPSA) is 130 Å². The van der Waals surface area contributed by atoms with Crippen molar-refractivity contribution in [3.63, 3.8) is 0 Å². The lowest BCUT2D eigenvalue weighted by molar-refractivity contribution is 0.0935. The first kappa shape index (κ1) is 23.5. The first-order valence-corrected chi connectivity index (χ1v) is 11.4. The number of nitriles is 1. The van der Waals surface area contributed by atoms with Crippen LogP contribution in [0.1, 0.15) is 34.7 Å². The lowest BCUT2D eigenvalue weighted by Gasteiger charge is -2.16. The van der Waals surface area contributed by atoms with Gasteiger partial charge >= 0.3 is 0 Å². The Kier molecular flexibility index (Phi) is 6.22. The number of nitrogens with zero attached hydrogens (tertiary/aromatic N) is 5. The summed E-state index contributed by atoms with van der Waals surface area (Å²) in [6.45, 7) is 1.72. The van der Waals surface area contributed by atoms with Crippen molar-refractivity contribution in [2.45, 2.75) is 13.0 Å². The molecule has 0 radical (unpaired) electrons. The highest BCUT2D eigenvalue weighted by Gasteiger charge is 2.22. The summed E-state index contributed by atoms with van der Waals surface area (Å²) in [5.74, 6) is -1.09. The molecule has 0 aliphatic carbocycles. The van der Waals surface area contributed by atoms with E-state index in [9.17, 15) is 14.4 Å². The Morgan fingerprint density at radius 1 is 1.00 bits per heavy atom. The summed E-state index contributed by atoms with van der Waals surface area (Å²) in [6.07, 6.45) is 2.80. The zero-order valence-corrected chi connectivity index (χ0v) is 19.7. The number of hydrogen-bond acceptors (Lipinski definition) is 7. The fraction of sp³-hybridized carbons (Fsp3) is 0.0714. The zero-order chi connectivity index (χ0) is 25.9. The summed E-state index contributed by atoms with van der Waals surface area (Å²) in [7, 11) is 0. The number of nitrogens with two attached hydrogens (primary N) is 1. The summed E-state index contributed by atoms with van der Waals surface area (Å²) >= 11 is 0. The highest BCUT2D eigenvalue weighted by Crippen LogP contribution is 2.33. The van der Waals surface area contributed by atoms with Crippen LogP contribution in [0.25, 0.3) is 33.4 Å². The molecule has 37 heavy (non-hydrogen) atoms. The second-order valence-corrected chi connectivity index (χ2v) is 8.35. The van der Waals surface area contributed by atoms with E-state index < -0.39 is 17.8 Å². The van der Waals surface area contributed by atoms with Crippen LogP contribution in [0.5, 0.6) is 0 Å². The van der Waals surface area contributed by atoms with Crippen molar-refractivity contribution in [3.8, 4) is 28.6 Å². The minimum absolute atomic E-state index is 0.0598. The average molecular weight is 490 g/mol. The normalized spacial score (nSPS) is 11.6. The Bertz CT molecular complexity index is 1680. The first-order valence-electron chi connectivity index (χ1n) is 11.4. The number of carbonyl (C=O) groups excluding carboxylic acids is 1. The van der Waals surface area contributed by atoms with Gasteiger partial charge in [-0.15, -0.1) is 0 Å². The summed E-state index contributed by atoms with van der Waals surface area (Å²) in [5, 5.41) is 13.1. The number of aromatic nitrogens is 4. The summed E-state index contributed by atoms with van der Waals surface area (Å²) in [6, 6.07) is 20.7. The third-order valence-corrected chi connectivity index (χ3v) is 5.82. The number of carbonyl (C=O) groups is 1. The van der Waals surface area contributed by atoms with Crippen molar-refractivity contribution in [2.24, 2.45) is 0 Å². The Morgan fingerprint density at radius 3 is 2.59 bits per heavy atom. The standard InChI is InChI=1S/C28H20FN7O/c1-16(22-10-8-21(29)15-33-22)34-28(37)26-27(31)36-25(19-5-2-4-17(12-19)14-30)24(35-26)20-7-9-23-18(13-20)6-3-11-32-23/h2-13,15-16H,1H3,(H2,31,36)(H,34,37). The maximum Gasteiger partial charge on any atom is 0.274 e. The van der Waals surface area contributed by atoms with Gasteiger partial charge in [0.2, 0.25) is 0 Å². The number of hydrogen-bond donors (Lipinski definition) is 2. The molecular weight excluding hydrogens is 469 g/mol. The van der Waals surface area contributed by atoms with E-state index in [1.165, 1.54) is 12.1 Å². The van der Waals surface area contributed by atoms with E-state index in [1.54, 1.807) is 37.4 Å². The molecular formula is C28H20FN7O. The maximum absolute atomic E-state index is 13.3. The molecule has 0 aliphatic rings. The van der Waals surface area contributed by atoms with E-state index in [2.05, 4.69) is 31.3 Å². The van der Waals surface area contributed by atoms with Gasteiger partial charge in [-0.1, -0.05) is 24.3 Å². The molecule has 0 saturated heterocycles. The molecule has 0 bridgehead atoms. The van der Waals surface area contributed by atoms with Gasteiger partial charge < -0.3 is 11.1 Å². The molecule has 0 fully saturated rings. The third kappa shape index (κ3) is 4.81. The second kappa shape index (κ2) is 9.79. The van der Waals surface area contributed by atoms with E-state index in [-0.39, 0.29) is 11.5 Å². The molecule has 3 N–H and O–H groups in total. The third-order valence-electron chi connectivity index (χ3n) is 5.82. The van der Waals surface area contributed by atoms with Crippen LogP contribution in [0, 0.1) is 17.1 Å². The molecule has 180 valence electrons. The highest BCUT2D eigenvalue weighted by atomic mass is 19.1. The smallest absolute Gasteiger partial charge is 0.274 e. The van der Waals surface area contributed by atoms with E-state index in [1.807, 2.05) is 30.3 Å². The number of benzene rings is 2. The van der Waals surface area contributed by atoms with E-state index >= 15 is 0 Å². The molecule has 9 heteroatoms. The number of pyridine rings is 2. The minimum atomic E-state index is -0.551. The molecule has 3 aromatic heterocycles. The van der Waals surface area contributed by atoms with Crippen LogP contribution in [0.15, 0.2) is 79.1 Å². The fourth-order valence-corrected chi connectivity index (χ4v) is 3.96. The number of nitrogen functional groups attached to an aromatic ring is 1. The number of rotatable bonds is 5. The fourth-order valence-electron chi connectivity index (χ4n) is 3.96. The van der Waals surface area contributed by atoms with Crippen molar-refractivity contribution in [3.05, 3.63) is 102 Å². The molecule has 5 aromatic rings. The molecule has 2 aromatic carbocycles. The van der Waals surface area contributed by atoms with Gasteiger partial charge in [0, 0.05) is 22.7 Å². The second-order valence-electron chi connectivity index (χ2n) is 8.35. The predicted molar refractivity (Wildman–Crippen MR) is 137 cm³/mol. The van der Waals surface area contributed by atoms with Gasteiger partial charge in [-0.2, -0.15) is 5.26 Å². The van der Waals surface area contributed by atoms with Crippen LogP contribution >= 0.6 is 0 Å². The van der Waals surface area contributed by atoms with Crippen molar-refractivity contribution in [1.29, 1.82) is 5.26 Å². The molecule has 0 aliphatic heterocycles. The zero-order valence-electron chi connectivity index (χ0n) is 19.7. The average Bonchev–Trinajstić information content (AvgIpc) is 2.93. The molecule has 0 saturated carbocycles.